The molecule has 0 unspecified atom stereocenters. The molecule has 0 saturated carbocycles. The van der Waals surface area contributed by atoms with Gasteiger partial charge in [0.05, 0.1) is 11.3 Å². The number of benzene rings is 1. The summed E-state index contributed by atoms with van der Waals surface area (Å²) in [5.41, 5.74) is 6.77. The summed E-state index contributed by atoms with van der Waals surface area (Å²) >= 11 is 3.23. The Balaban J connectivity index is 2.35. The highest BCUT2D eigenvalue weighted by atomic mass is 79.9. The van der Waals surface area contributed by atoms with Gasteiger partial charge in [-0.15, -0.1) is 0 Å². The fraction of sp³-hybridized carbons (Fsp3) is 0. The summed E-state index contributed by atoms with van der Waals surface area (Å²) < 4.78 is 0.585. The van der Waals surface area contributed by atoms with Crippen molar-refractivity contribution in [2.45, 2.75) is 0 Å². The molecule has 1 heterocycles. The summed E-state index contributed by atoms with van der Waals surface area (Å²) in [4.78, 5) is 8.13. The molecule has 0 atom stereocenters. The summed E-state index contributed by atoms with van der Waals surface area (Å²) in [5, 5.41) is 11.9. The smallest absolute Gasteiger partial charge is 0.230 e. The summed E-state index contributed by atoms with van der Waals surface area (Å²) in [5.74, 6) is 0.698. The monoisotopic (exact) mass is 289 g/mol. The van der Waals surface area contributed by atoms with Crippen molar-refractivity contribution < 1.29 is 0 Å². The van der Waals surface area contributed by atoms with Crippen molar-refractivity contribution in [3.8, 4) is 6.07 Å². The van der Waals surface area contributed by atoms with Gasteiger partial charge in [-0.2, -0.15) is 10.2 Å². The maximum Gasteiger partial charge on any atom is 0.230 e. The lowest BCUT2D eigenvalue weighted by Crippen LogP contribution is -2.01. The Kier molecular flexibility index (Phi) is 3.21. The van der Waals surface area contributed by atoms with E-state index in [1.807, 2.05) is 6.07 Å². The summed E-state index contributed by atoms with van der Waals surface area (Å²) in [6.07, 6.45) is 0. The molecular weight excluding hydrogens is 282 g/mol. The minimum Gasteiger partial charge on any atom is -0.383 e. The van der Waals surface area contributed by atoms with Crippen molar-refractivity contribution in [2.75, 3.05) is 11.1 Å². The maximum absolute atomic E-state index is 8.94. The Morgan fingerprint density at radius 3 is 2.76 bits per heavy atom. The predicted octanol–water partition coefficient (Wildman–Crippen LogP) is 2.44. The number of aromatic nitrogens is 2. The van der Waals surface area contributed by atoms with Crippen molar-refractivity contribution >= 4 is 33.4 Å². The molecule has 0 fully saturated rings. The van der Waals surface area contributed by atoms with Crippen LogP contribution < -0.4 is 11.1 Å². The van der Waals surface area contributed by atoms with Gasteiger partial charge in [-0.05, 0) is 28.1 Å². The average molecular weight is 290 g/mol. The van der Waals surface area contributed by atoms with Crippen LogP contribution in [0.25, 0.3) is 0 Å². The number of nitrogen functional groups attached to an aromatic ring is 1. The lowest BCUT2D eigenvalue weighted by atomic mass is 10.2. The first kappa shape index (κ1) is 11.4. The van der Waals surface area contributed by atoms with Crippen LogP contribution >= 0.6 is 15.9 Å². The third-order valence-electron chi connectivity index (χ3n) is 2.01. The predicted molar refractivity (Wildman–Crippen MR) is 68.6 cm³/mol. The van der Waals surface area contributed by atoms with Crippen LogP contribution in [0.15, 0.2) is 34.9 Å². The zero-order chi connectivity index (χ0) is 12.3. The molecule has 0 aliphatic rings. The van der Waals surface area contributed by atoms with Crippen LogP contribution in [0.4, 0.5) is 17.5 Å². The van der Waals surface area contributed by atoms with Crippen LogP contribution in [0.3, 0.4) is 0 Å². The first-order valence-electron chi connectivity index (χ1n) is 4.75. The van der Waals surface area contributed by atoms with E-state index in [1.165, 1.54) is 0 Å². The van der Waals surface area contributed by atoms with E-state index in [0.717, 1.165) is 0 Å². The second kappa shape index (κ2) is 4.80. The molecule has 1 aromatic heterocycles. The highest BCUT2D eigenvalue weighted by molar-refractivity contribution is 9.10. The molecule has 3 N–H and O–H groups in total. The molecule has 2 aromatic rings. The van der Waals surface area contributed by atoms with Crippen LogP contribution in [0.2, 0.25) is 0 Å². The van der Waals surface area contributed by atoms with Gasteiger partial charge in [0.2, 0.25) is 5.95 Å². The molecule has 0 spiro atoms. The molecule has 0 bridgehead atoms. The minimum atomic E-state index is 0.347. The van der Waals surface area contributed by atoms with Crippen molar-refractivity contribution in [2.24, 2.45) is 0 Å². The lowest BCUT2D eigenvalue weighted by molar-refractivity contribution is 1.15. The number of hydrogen-bond donors (Lipinski definition) is 2. The summed E-state index contributed by atoms with van der Waals surface area (Å²) in [7, 11) is 0. The number of nitriles is 1. The number of nitrogens with one attached hydrogen (secondary N) is 1. The third kappa shape index (κ3) is 2.71. The first-order valence-corrected chi connectivity index (χ1v) is 5.54. The topological polar surface area (TPSA) is 87.6 Å². The molecule has 6 heteroatoms. The number of rotatable bonds is 2. The largest absolute Gasteiger partial charge is 0.383 e. The first-order chi connectivity index (χ1) is 8.19. The fourth-order valence-electron chi connectivity index (χ4n) is 1.30. The van der Waals surface area contributed by atoms with Crippen molar-refractivity contribution in [3.05, 3.63) is 40.5 Å². The standard InChI is InChI=1S/C11H8BrN5/c12-9-5-10(14)17-11(16-9)15-8-4-2-1-3-7(8)6-13/h1-5H,(H3,14,15,16,17). The van der Waals surface area contributed by atoms with Gasteiger partial charge in [-0.3, -0.25) is 0 Å². The van der Waals surface area contributed by atoms with Gasteiger partial charge in [0.25, 0.3) is 0 Å². The van der Waals surface area contributed by atoms with E-state index in [0.29, 0.717) is 27.6 Å². The Hall–Kier alpha value is -2.13. The molecule has 0 saturated heterocycles. The number of halogens is 1. The molecule has 0 aliphatic heterocycles. The van der Waals surface area contributed by atoms with Gasteiger partial charge in [-0.25, -0.2) is 4.98 Å². The average Bonchev–Trinajstić information content (AvgIpc) is 2.28. The van der Waals surface area contributed by atoms with E-state index in [4.69, 9.17) is 11.0 Å². The SMILES string of the molecule is N#Cc1ccccc1Nc1nc(N)cc(Br)n1. The normalized spacial score (nSPS) is 9.65. The van der Waals surface area contributed by atoms with Gasteiger partial charge >= 0.3 is 0 Å². The molecular formula is C11H8BrN5. The second-order valence-corrected chi connectivity index (χ2v) is 4.03. The Morgan fingerprint density at radius 1 is 1.29 bits per heavy atom. The number of nitrogens with two attached hydrogens (primary N) is 1. The maximum atomic E-state index is 8.94. The third-order valence-corrected chi connectivity index (χ3v) is 2.41. The fourth-order valence-corrected chi connectivity index (χ4v) is 1.70. The quantitative estimate of drug-likeness (QED) is 0.829. The minimum absolute atomic E-state index is 0.347. The summed E-state index contributed by atoms with van der Waals surface area (Å²) in [6.45, 7) is 0. The van der Waals surface area contributed by atoms with Crippen LogP contribution in [-0.2, 0) is 0 Å². The number of anilines is 3. The van der Waals surface area contributed by atoms with Gasteiger partial charge in [0, 0.05) is 6.07 Å². The lowest BCUT2D eigenvalue weighted by Gasteiger charge is -2.06. The van der Waals surface area contributed by atoms with Gasteiger partial charge < -0.3 is 11.1 Å². The van der Waals surface area contributed by atoms with E-state index in [2.05, 4.69) is 37.3 Å². The molecule has 17 heavy (non-hydrogen) atoms. The molecule has 5 nitrogen and oxygen atoms in total. The zero-order valence-corrected chi connectivity index (χ0v) is 10.3. The van der Waals surface area contributed by atoms with Crippen LogP contribution in [-0.4, -0.2) is 9.97 Å². The highest BCUT2D eigenvalue weighted by Gasteiger charge is 2.04. The van der Waals surface area contributed by atoms with Gasteiger partial charge in [0.1, 0.15) is 16.5 Å². The Labute approximate surface area is 106 Å². The molecule has 84 valence electrons. The van der Waals surface area contributed by atoms with Crippen LogP contribution in [0.5, 0.6) is 0 Å². The van der Waals surface area contributed by atoms with Gasteiger partial charge in [-0.1, -0.05) is 12.1 Å². The molecule has 2 rings (SSSR count). The highest BCUT2D eigenvalue weighted by Crippen LogP contribution is 2.19. The molecule has 1 aromatic carbocycles. The van der Waals surface area contributed by atoms with Gasteiger partial charge in [0.15, 0.2) is 0 Å². The van der Waals surface area contributed by atoms with E-state index < -0.39 is 0 Å². The molecule has 0 aliphatic carbocycles. The number of hydrogen-bond acceptors (Lipinski definition) is 5. The number of nitrogens with zero attached hydrogens (tertiary/aromatic N) is 3. The summed E-state index contributed by atoms with van der Waals surface area (Å²) in [6, 6.07) is 10.8. The van der Waals surface area contributed by atoms with Crippen LogP contribution in [0, 0.1) is 11.3 Å². The Morgan fingerprint density at radius 2 is 2.06 bits per heavy atom. The van der Waals surface area contributed by atoms with E-state index in [9.17, 15) is 0 Å². The van der Waals surface area contributed by atoms with Crippen LogP contribution in [0.1, 0.15) is 5.56 Å². The Bertz CT molecular complexity index is 570. The van der Waals surface area contributed by atoms with Crippen molar-refractivity contribution in [3.63, 3.8) is 0 Å². The molecule has 0 amide bonds. The van der Waals surface area contributed by atoms with Crippen molar-refractivity contribution in [1.82, 2.24) is 9.97 Å². The van der Waals surface area contributed by atoms with E-state index in [1.54, 1.807) is 24.3 Å². The number of para-hydroxylation sites is 1. The molecule has 0 radical (unpaired) electrons. The van der Waals surface area contributed by atoms with E-state index >= 15 is 0 Å². The van der Waals surface area contributed by atoms with Crippen molar-refractivity contribution in [1.29, 1.82) is 5.26 Å². The van der Waals surface area contributed by atoms with E-state index in [-0.39, 0.29) is 0 Å². The zero-order valence-electron chi connectivity index (χ0n) is 8.68. The second-order valence-electron chi connectivity index (χ2n) is 3.22.